The number of aliphatic hydroxyl groups is 1. The standard InChI is InChI=1S/C27H31Cl2FN2O/c1-4-21-17-31-32(25-10-8-24(30)9-11-25)26(21)12-18(2)6-5-7-19(3)27(33)15-20-13-22(28)16-23(29)14-20/h8-14,16-17,19,27,33H,4-7,15H2,1-3H3/b18-12+/t19-,27+/m1/s1. The van der Waals surface area contributed by atoms with Crippen LogP contribution in [-0.2, 0) is 12.8 Å². The fraction of sp³-hybridized carbons (Fsp3) is 0.370. The van der Waals surface area contributed by atoms with Crippen LogP contribution in [0.25, 0.3) is 11.8 Å². The molecule has 3 rings (SSSR count). The van der Waals surface area contributed by atoms with Crippen LogP contribution in [0.1, 0.15) is 56.9 Å². The lowest BCUT2D eigenvalue weighted by Gasteiger charge is -2.19. The topological polar surface area (TPSA) is 38.0 Å². The molecule has 0 aliphatic rings. The molecule has 2 atom stereocenters. The third kappa shape index (κ3) is 7.17. The molecule has 1 heterocycles. The maximum atomic E-state index is 13.3. The van der Waals surface area contributed by atoms with Gasteiger partial charge < -0.3 is 5.11 Å². The van der Waals surface area contributed by atoms with Crippen LogP contribution in [0, 0.1) is 11.7 Å². The number of halogens is 3. The van der Waals surface area contributed by atoms with E-state index in [2.05, 4.69) is 31.9 Å². The zero-order valence-electron chi connectivity index (χ0n) is 19.4. The summed E-state index contributed by atoms with van der Waals surface area (Å²) in [5.41, 5.74) is 5.23. The van der Waals surface area contributed by atoms with E-state index in [-0.39, 0.29) is 11.7 Å². The number of hydrogen-bond donors (Lipinski definition) is 1. The predicted molar refractivity (Wildman–Crippen MR) is 136 cm³/mol. The van der Waals surface area contributed by atoms with Gasteiger partial charge in [0.25, 0.3) is 0 Å². The lowest BCUT2D eigenvalue weighted by atomic mass is 9.92. The zero-order valence-corrected chi connectivity index (χ0v) is 20.9. The summed E-state index contributed by atoms with van der Waals surface area (Å²) in [7, 11) is 0. The Morgan fingerprint density at radius 3 is 2.45 bits per heavy atom. The van der Waals surface area contributed by atoms with Crippen molar-refractivity contribution < 1.29 is 9.50 Å². The van der Waals surface area contributed by atoms with Gasteiger partial charge in [-0.2, -0.15) is 5.10 Å². The van der Waals surface area contributed by atoms with E-state index in [1.54, 1.807) is 18.2 Å². The summed E-state index contributed by atoms with van der Waals surface area (Å²) in [6.07, 6.45) is 7.83. The fourth-order valence-corrected chi connectivity index (χ4v) is 4.55. The summed E-state index contributed by atoms with van der Waals surface area (Å²) in [5.74, 6) is -0.101. The highest BCUT2D eigenvalue weighted by Gasteiger charge is 2.16. The third-order valence-corrected chi connectivity index (χ3v) is 6.41. The van der Waals surface area contributed by atoms with Gasteiger partial charge in [-0.1, -0.05) is 42.6 Å². The van der Waals surface area contributed by atoms with Crippen molar-refractivity contribution in [1.82, 2.24) is 9.78 Å². The molecule has 0 aliphatic carbocycles. The minimum Gasteiger partial charge on any atom is -0.393 e. The number of aromatic nitrogens is 2. The van der Waals surface area contributed by atoms with Gasteiger partial charge in [0.1, 0.15) is 5.82 Å². The molecular formula is C27H31Cl2FN2O. The Morgan fingerprint density at radius 1 is 1.15 bits per heavy atom. The minimum absolute atomic E-state index is 0.159. The molecule has 0 saturated heterocycles. The Morgan fingerprint density at radius 2 is 1.82 bits per heavy atom. The maximum Gasteiger partial charge on any atom is 0.123 e. The Kier molecular flexibility index (Phi) is 9.13. The van der Waals surface area contributed by atoms with E-state index in [9.17, 15) is 9.50 Å². The first-order valence-electron chi connectivity index (χ1n) is 11.4. The van der Waals surface area contributed by atoms with Crippen LogP contribution in [0.4, 0.5) is 4.39 Å². The van der Waals surface area contributed by atoms with Gasteiger partial charge in [0.2, 0.25) is 0 Å². The van der Waals surface area contributed by atoms with E-state index in [4.69, 9.17) is 23.2 Å². The third-order valence-electron chi connectivity index (χ3n) is 5.98. The van der Waals surface area contributed by atoms with Crippen molar-refractivity contribution >= 4 is 29.3 Å². The average Bonchev–Trinajstić information content (AvgIpc) is 3.15. The molecule has 33 heavy (non-hydrogen) atoms. The van der Waals surface area contributed by atoms with Crippen molar-refractivity contribution in [2.75, 3.05) is 0 Å². The van der Waals surface area contributed by atoms with Gasteiger partial charge in [0.05, 0.1) is 23.7 Å². The monoisotopic (exact) mass is 488 g/mol. The molecule has 0 amide bonds. The highest BCUT2D eigenvalue weighted by molar-refractivity contribution is 6.34. The molecule has 2 aromatic carbocycles. The Bertz CT molecular complexity index is 1070. The van der Waals surface area contributed by atoms with E-state index in [1.165, 1.54) is 17.7 Å². The molecule has 176 valence electrons. The van der Waals surface area contributed by atoms with Crippen LogP contribution >= 0.6 is 23.2 Å². The van der Waals surface area contributed by atoms with Crippen LogP contribution in [0.3, 0.4) is 0 Å². The molecular weight excluding hydrogens is 458 g/mol. The van der Waals surface area contributed by atoms with Crippen molar-refractivity contribution in [2.24, 2.45) is 5.92 Å². The lowest BCUT2D eigenvalue weighted by molar-refractivity contribution is 0.111. The largest absolute Gasteiger partial charge is 0.393 e. The van der Waals surface area contributed by atoms with Gasteiger partial charge >= 0.3 is 0 Å². The predicted octanol–water partition coefficient (Wildman–Crippen LogP) is 7.69. The van der Waals surface area contributed by atoms with Gasteiger partial charge in [-0.25, -0.2) is 9.07 Å². The summed E-state index contributed by atoms with van der Waals surface area (Å²) in [6, 6.07) is 11.8. The Hall–Kier alpha value is -2.14. The Labute approximate surface area is 205 Å². The first-order valence-corrected chi connectivity index (χ1v) is 12.2. The average molecular weight is 489 g/mol. The highest BCUT2D eigenvalue weighted by atomic mass is 35.5. The van der Waals surface area contributed by atoms with Crippen LogP contribution in [-0.4, -0.2) is 21.0 Å². The molecule has 0 saturated carbocycles. The molecule has 1 aromatic heterocycles. The number of nitrogens with zero attached hydrogens (tertiary/aromatic N) is 2. The molecule has 1 N–H and O–H groups in total. The van der Waals surface area contributed by atoms with Crippen LogP contribution < -0.4 is 0 Å². The van der Waals surface area contributed by atoms with Crippen LogP contribution in [0.2, 0.25) is 10.0 Å². The number of hydrogen-bond acceptors (Lipinski definition) is 2. The number of aliphatic hydroxyl groups excluding tert-OH is 1. The first-order chi connectivity index (χ1) is 15.8. The highest BCUT2D eigenvalue weighted by Crippen LogP contribution is 2.24. The van der Waals surface area contributed by atoms with Crippen LogP contribution in [0.15, 0.2) is 54.2 Å². The van der Waals surface area contributed by atoms with Crippen LogP contribution in [0.5, 0.6) is 0 Å². The molecule has 0 unspecified atom stereocenters. The summed E-state index contributed by atoms with van der Waals surface area (Å²) < 4.78 is 15.2. The van der Waals surface area contributed by atoms with E-state index < -0.39 is 6.10 Å². The molecule has 0 bridgehead atoms. The van der Waals surface area contributed by atoms with Crippen molar-refractivity contribution in [3.63, 3.8) is 0 Å². The SMILES string of the molecule is CCc1cnn(-c2ccc(F)cc2)c1/C=C(\C)CCC[C@@H](C)[C@@H](O)Cc1cc(Cl)cc(Cl)c1. The second kappa shape index (κ2) is 11.8. The summed E-state index contributed by atoms with van der Waals surface area (Å²) in [5, 5.41) is 16.3. The maximum absolute atomic E-state index is 13.3. The number of rotatable bonds is 10. The van der Waals surface area contributed by atoms with Gasteiger partial charge in [0.15, 0.2) is 0 Å². The second-order valence-electron chi connectivity index (χ2n) is 8.71. The van der Waals surface area contributed by atoms with Gasteiger partial charge in [-0.3, -0.25) is 0 Å². The first kappa shape index (κ1) is 25.5. The molecule has 3 nitrogen and oxygen atoms in total. The molecule has 0 spiro atoms. The van der Waals surface area contributed by atoms with Crippen molar-refractivity contribution in [3.05, 3.63) is 86.9 Å². The molecule has 3 aromatic rings. The summed E-state index contributed by atoms with van der Waals surface area (Å²) in [4.78, 5) is 0. The smallest absolute Gasteiger partial charge is 0.123 e. The van der Waals surface area contributed by atoms with Crippen molar-refractivity contribution in [1.29, 1.82) is 0 Å². The molecule has 0 aliphatic heterocycles. The number of benzene rings is 2. The molecule has 0 radical (unpaired) electrons. The zero-order chi connectivity index (χ0) is 24.0. The number of allylic oxidation sites excluding steroid dienone is 1. The quantitative estimate of drug-likeness (QED) is 0.317. The van der Waals surface area contributed by atoms with Gasteiger partial charge in [-0.05, 0) is 105 Å². The van der Waals surface area contributed by atoms with E-state index in [1.807, 2.05) is 23.0 Å². The normalized spacial score (nSPS) is 13.8. The number of aryl methyl sites for hydroxylation is 1. The van der Waals surface area contributed by atoms with E-state index >= 15 is 0 Å². The summed E-state index contributed by atoms with van der Waals surface area (Å²) in [6.45, 7) is 6.31. The van der Waals surface area contributed by atoms with E-state index in [0.717, 1.165) is 48.2 Å². The minimum atomic E-state index is -0.449. The Balaban J connectivity index is 1.60. The van der Waals surface area contributed by atoms with Gasteiger partial charge in [0, 0.05) is 10.0 Å². The second-order valence-corrected chi connectivity index (χ2v) is 9.58. The van der Waals surface area contributed by atoms with Crippen molar-refractivity contribution in [3.8, 4) is 5.69 Å². The van der Waals surface area contributed by atoms with Gasteiger partial charge in [-0.15, -0.1) is 0 Å². The lowest BCUT2D eigenvalue weighted by Crippen LogP contribution is -2.20. The molecule has 6 heteroatoms. The van der Waals surface area contributed by atoms with E-state index in [0.29, 0.717) is 16.5 Å². The van der Waals surface area contributed by atoms with Crippen molar-refractivity contribution in [2.45, 2.75) is 59.0 Å². The fourth-order valence-electron chi connectivity index (χ4n) is 3.98. The molecule has 0 fully saturated rings. The summed E-state index contributed by atoms with van der Waals surface area (Å²) >= 11 is 12.1.